The van der Waals surface area contributed by atoms with Gasteiger partial charge in [-0.1, -0.05) is 37.3 Å². The number of hydrogen-bond donors (Lipinski definition) is 5. The molecule has 3 aromatic carbocycles. The summed E-state index contributed by atoms with van der Waals surface area (Å²) < 4.78 is 22.6. The first-order valence-electron chi connectivity index (χ1n) is 20.1. The third-order valence-corrected chi connectivity index (χ3v) is 10.9. The highest BCUT2D eigenvalue weighted by Crippen LogP contribution is 2.31. The summed E-state index contributed by atoms with van der Waals surface area (Å²) in [6, 6.07) is 19.8. The van der Waals surface area contributed by atoms with Crippen LogP contribution in [0.3, 0.4) is 0 Å². The summed E-state index contributed by atoms with van der Waals surface area (Å²) in [6.45, 7) is 10.5. The third kappa shape index (κ3) is 9.43. The predicted octanol–water partition coefficient (Wildman–Crippen LogP) is 6.36. The van der Waals surface area contributed by atoms with Crippen LogP contribution in [0.5, 0.6) is 0 Å². The van der Waals surface area contributed by atoms with E-state index in [1.165, 1.54) is 18.9 Å². The predicted molar refractivity (Wildman–Crippen MR) is 218 cm³/mol. The number of rotatable bonds is 15. The van der Waals surface area contributed by atoms with E-state index in [0.29, 0.717) is 48.8 Å². The number of nitrogens with zero attached hydrogens (tertiary/aromatic N) is 3. The van der Waals surface area contributed by atoms with Crippen molar-refractivity contribution in [1.29, 1.82) is 0 Å². The van der Waals surface area contributed by atoms with E-state index in [9.17, 15) is 9.59 Å². The Morgan fingerprint density at radius 3 is 2.36 bits per heavy atom. The molecule has 2 fully saturated rings. The van der Waals surface area contributed by atoms with E-state index in [1.807, 2.05) is 36.0 Å². The fraction of sp³-hybridized carbons (Fsp3) is 0.409. The first-order valence-corrected chi connectivity index (χ1v) is 20.1. The lowest BCUT2D eigenvalue weighted by Crippen LogP contribution is -2.33. The number of amides is 2. The molecule has 0 unspecified atom stereocenters. The van der Waals surface area contributed by atoms with Crippen LogP contribution < -0.4 is 26.6 Å². The molecule has 0 aliphatic carbocycles. The first-order chi connectivity index (χ1) is 27.4. The van der Waals surface area contributed by atoms with Crippen molar-refractivity contribution in [3.8, 4) is 11.1 Å². The number of piperidine rings is 1. The van der Waals surface area contributed by atoms with Crippen LogP contribution in [-0.4, -0.2) is 65.5 Å². The van der Waals surface area contributed by atoms with Gasteiger partial charge < -0.3 is 31.3 Å². The second-order valence-electron chi connectivity index (χ2n) is 14.8. The molecule has 294 valence electrons. The highest BCUT2D eigenvalue weighted by Gasteiger charge is 2.23. The molecule has 2 saturated heterocycles. The Hall–Kier alpha value is -5.17. The van der Waals surface area contributed by atoms with Crippen molar-refractivity contribution >= 4 is 28.5 Å². The second kappa shape index (κ2) is 18.6. The molecule has 0 saturated carbocycles. The molecule has 5 aromatic rings. The summed E-state index contributed by atoms with van der Waals surface area (Å²) in [7, 11) is 0. The Morgan fingerprint density at radius 1 is 0.875 bits per heavy atom. The number of anilines is 1. The summed E-state index contributed by atoms with van der Waals surface area (Å²) in [6.07, 6.45) is 6.68. The molecule has 0 bridgehead atoms. The van der Waals surface area contributed by atoms with Gasteiger partial charge >= 0.3 is 0 Å². The standard InChI is InChI=1S/C44H53FN8O3/c1-3-40-37(41(51-35-15-19-56-20-16-35)38-28-50-53(4-2)42(38)52-40)27-49-44(55)34-10-6-9-33(23-34)43(54)48-26-31-11-12-39(45)36(22-31)32-8-5-7-30(21-32)25-47-24-29-13-17-46-18-14-29/h5-12,21-23,28-29,35,46-47H,3-4,13-20,24-27H2,1-2H3,(H,48,54)(H,49,55)(H,51,52). The third-order valence-electron chi connectivity index (χ3n) is 10.9. The molecule has 2 aromatic heterocycles. The van der Waals surface area contributed by atoms with Gasteiger partial charge in [0.05, 0.1) is 17.3 Å². The van der Waals surface area contributed by atoms with Crippen LogP contribution in [-0.2, 0) is 37.3 Å². The maximum atomic E-state index is 15.1. The molecular weight excluding hydrogens is 708 g/mol. The van der Waals surface area contributed by atoms with E-state index in [1.54, 1.807) is 36.4 Å². The highest BCUT2D eigenvalue weighted by atomic mass is 19.1. The zero-order valence-corrected chi connectivity index (χ0v) is 32.4. The van der Waals surface area contributed by atoms with Crippen LogP contribution in [0.1, 0.15) is 82.6 Å². The fourth-order valence-corrected chi connectivity index (χ4v) is 7.72. The molecule has 2 aliphatic heterocycles. The molecule has 12 heteroatoms. The molecule has 5 N–H and O–H groups in total. The van der Waals surface area contributed by atoms with Crippen LogP contribution in [0.4, 0.5) is 10.1 Å². The summed E-state index contributed by atoms with van der Waals surface area (Å²) in [5, 5.41) is 22.3. The summed E-state index contributed by atoms with van der Waals surface area (Å²) in [5.41, 5.74) is 7.47. The van der Waals surface area contributed by atoms with Gasteiger partial charge in [-0.2, -0.15) is 5.10 Å². The van der Waals surface area contributed by atoms with Gasteiger partial charge in [-0.25, -0.2) is 14.1 Å². The smallest absolute Gasteiger partial charge is 0.251 e. The zero-order chi connectivity index (χ0) is 38.9. The largest absolute Gasteiger partial charge is 0.381 e. The minimum atomic E-state index is -0.328. The number of pyridine rings is 1. The van der Waals surface area contributed by atoms with Crippen molar-refractivity contribution in [2.24, 2.45) is 5.92 Å². The number of fused-ring (bicyclic) bond motifs is 1. The molecule has 0 radical (unpaired) electrons. The van der Waals surface area contributed by atoms with E-state index in [0.717, 1.165) is 83.7 Å². The quantitative estimate of drug-likeness (QED) is 0.0833. The number of carbonyl (C=O) groups is 2. The Bertz CT molecular complexity index is 2140. The Labute approximate surface area is 328 Å². The molecule has 0 spiro atoms. The first kappa shape index (κ1) is 39.1. The van der Waals surface area contributed by atoms with Gasteiger partial charge in [-0.15, -0.1) is 0 Å². The van der Waals surface area contributed by atoms with Crippen molar-refractivity contribution in [1.82, 2.24) is 36.0 Å². The molecule has 0 atom stereocenters. The average molecular weight is 761 g/mol. The summed E-state index contributed by atoms with van der Waals surface area (Å²) in [4.78, 5) is 31.9. The fourth-order valence-electron chi connectivity index (χ4n) is 7.72. The van der Waals surface area contributed by atoms with E-state index in [-0.39, 0.29) is 36.8 Å². The lowest BCUT2D eigenvalue weighted by atomic mass is 9.98. The van der Waals surface area contributed by atoms with E-state index in [4.69, 9.17) is 9.72 Å². The molecule has 2 aliphatic rings. The van der Waals surface area contributed by atoms with Crippen LogP contribution in [0.15, 0.2) is 72.9 Å². The van der Waals surface area contributed by atoms with Gasteiger partial charge in [0, 0.05) is 73.4 Å². The second-order valence-corrected chi connectivity index (χ2v) is 14.8. The summed E-state index contributed by atoms with van der Waals surface area (Å²) >= 11 is 0. The number of benzene rings is 3. The van der Waals surface area contributed by atoms with Gasteiger partial charge in [0.1, 0.15) is 5.82 Å². The molecular formula is C44H53FN8O3. The zero-order valence-electron chi connectivity index (χ0n) is 32.4. The highest BCUT2D eigenvalue weighted by molar-refractivity contribution is 6.00. The van der Waals surface area contributed by atoms with Crippen LogP contribution in [0.25, 0.3) is 22.2 Å². The lowest BCUT2D eigenvalue weighted by molar-refractivity contribution is 0.0904. The van der Waals surface area contributed by atoms with Crippen molar-refractivity contribution in [3.05, 3.63) is 112 Å². The van der Waals surface area contributed by atoms with Crippen molar-refractivity contribution in [2.75, 3.05) is 38.2 Å². The number of hydrogen-bond acceptors (Lipinski definition) is 8. The number of nitrogens with one attached hydrogen (secondary N) is 5. The number of aryl methyl sites for hydroxylation is 2. The Kier molecular flexibility index (Phi) is 13.0. The minimum absolute atomic E-state index is 0.201. The van der Waals surface area contributed by atoms with Gasteiger partial charge in [-0.05, 0) is 118 Å². The van der Waals surface area contributed by atoms with Crippen LogP contribution >= 0.6 is 0 Å². The van der Waals surface area contributed by atoms with E-state index < -0.39 is 0 Å². The van der Waals surface area contributed by atoms with Crippen molar-refractivity contribution < 1.29 is 18.7 Å². The molecule has 7 rings (SSSR count). The Morgan fingerprint density at radius 2 is 1.61 bits per heavy atom. The Balaban J connectivity index is 0.994. The van der Waals surface area contributed by atoms with E-state index >= 15 is 4.39 Å². The van der Waals surface area contributed by atoms with Crippen LogP contribution in [0, 0.1) is 11.7 Å². The topological polar surface area (TPSA) is 134 Å². The van der Waals surface area contributed by atoms with Gasteiger partial charge in [0.25, 0.3) is 11.8 Å². The van der Waals surface area contributed by atoms with Crippen molar-refractivity contribution in [2.45, 2.75) is 78.2 Å². The average Bonchev–Trinajstić information content (AvgIpc) is 3.66. The number of ether oxygens (including phenoxy) is 1. The minimum Gasteiger partial charge on any atom is -0.381 e. The summed E-state index contributed by atoms with van der Waals surface area (Å²) in [5.74, 6) is -0.262. The normalized spacial score (nSPS) is 15.2. The number of halogens is 1. The van der Waals surface area contributed by atoms with Gasteiger partial charge in [0.2, 0.25) is 0 Å². The van der Waals surface area contributed by atoms with Gasteiger partial charge in [0.15, 0.2) is 5.65 Å². The monoisotopic (exact) mass is 760 g/mol. The number of carbonyl (C=O) groups excluding carboxylic acids is 2. The number of aromatic nitrogens is 3. The molecule has 2 amide bonds. The lowest BCUT2D eigenvalue weighted by Gasteiger charge is -2.26. The van der Waals surface area contributed by atoms with Crippen LogP contribution in [0.2, 0.25) is 0 Å². The maximum absolute atomic E-state index is 15.1. The molecule has 56 heavy (non-hydrogen) atoms. The van der Waals surface area contributed by atoms with E-state index in [2.05, 4.69) is 44.7 Å². The molecule has 4 heterocycles. The van der Waals surface area contributed by atoms with Crippen molar-refractivity contribution in [3.63, 3.8) is 0 Å². The maximum Gasteiger partial charge on any atom is 0.251 e. The van der Waals surface area contributed by atoms with Gasteiger partial charge in [-0.3, -0.25) is 9.59 Å². The molecule has 11 nitrogen and oxygen atoms in total. The SMILES string of the molecule is CCc1nc2c(cnn2CC)c(NC2CCOCC2)c1CNC(=O)c1cccc(C(=O)NCc2ccc(F)c(-c3cccc(CNCC4CCNCC4)c3)c2)c1.